The molecule has 10 heteroatoms. The van der Waals surface area contributed by atoms with Crippen molar-refractivity contribution in [2.24, 2.45) is 0 Å². The Kier molecular flexibility index (Phi) is 8.02. The fraction of sp³-hybridized carbons (Fsp3) is 0.500. The van der Waals surface area contributed by atoms with Crippen LogP contribution in [0, 0.1) is 6.92 Å². The van der Waals surface area contributed by atoms with Crippen LogP contribution in [0.25, 0.3) is 11.7 Å². The number of pyridine rings is 1. The first-order chi connectivity index (χ1) is 16.3. The van der Waals surface area contributed by atoms with E-state index in [4.69, 9.17) is 21.7 Å². The van der Waals surface area contributed by atoms with Gasteiger partial charge in [0.05, 0.1) is 29.2 Å². The van der Waals surface area contributed by atoms with Gasteiger partial charge in [-0.2, -0.15) is 0 Å². The first kappa shape index (κ1) is 24.8. The van der Waals surface area contributed by atoms with E-state index in [0.29, 0.717) is 52.6 Å². The molecule has 0 aliphatic carbocycles. The van der Waals surface area contributed by atoms with E-state index >= 15 is 0 Å². The molecule has 0 saturated carbocycles. The van der Waals surface area contributed by atoms with Crippen molar-refractivity contribution in [1.29, 1.82) is 0 Å². The second-order valence-corrected chi connectivity index (χ2v) is 10.4. The number of hydrogen-bond donors (Lipinski definition) is 1. The SMILES string of the molecule is Cc1ccc2nc(NCCCOC(C)C)c(/C=C3\SC(=S)N(C[C@H]4CCCO4)C3=O)c(=O)n2c1. The van der Waals surface area contributed by atoms with Crippen molar-refractivity contribution in [3.8, 4) is 0 Å². The Bertz CT molecular complexity index is 1170. The molecular formula is C24H30N4O4S2. The molecule has 4 heterocycles. The van der Waals surface area contributed by atoms with Crippen molar-refractivity contribution in [2.75, 3.05) is 31.6 Å². The lowest BCUT2D eigenvalue weighted by atomic mass is 10.2. The van der Waals surface area contributed by atoms with Crippen molar-refractivity contribution in [3.63, 3.8) is 0 Å². The maximum atomic E-state index is 13.4. The first-order valence-corrected chi connectivity index (χ1v) is 12.8. The third-order valence-electron chi connectivity index (χ3n) is 5.63. The summed E-state index contributed by atoms with van der Waals surface area (Å²) < 4.78 is 13.3. The van der Waals surface area contributed by atoms with Crippen molar-refractivity contribution in [1.82, 2.24) is 14.3 Å². The number of carbonyl (C=O) groups is 1. The zero-order valence-corrected chi connectivity index (χ0v) is 21.3. The fourth-order valence-corrected chi connectivity index (χ4v) is 5.16. The number of nitrogens with zero attached hydrogens (tertiary/aromatic N) is 3. The van der Waals surface area contributed by atoms with Crippen molar-refractivity contribution >= 4 is 51.7 Å². The maximum absolute atomic E-state index is 13.4. The van der Waals surface area contributed by atoms with E-state index in [9.17, 15) is 9.59 Å². The molecular weight excluding hydrogens is 472 g/mol. The smallest absolute Gasteiger partial charge is 0.267 e. The average molecular weight is 503 g/mol. The molecule has 2 fully saturated rings. The van der Waals surface area contributed by atoms with Crippen LogP contribution in [-0.4, -0.2) is 63.0 Å². The number of aromatic nitrogens is 2. The standard InChI is InChI=1S/C24H30N4O4S2/c1-15(2)31-11-5-9-25-21-18(22(29)27-13-16(3)7-8-20(27)26-21)12-19-23(30)28(24(33)34-19)14-17-6-4-10-32-17/h7-8,12-13,15,17,25H,4-6,9-11,14H2,1-3H3/b19-12-/t17-/m1/s1. The lowest BCUT2D eigenvalue weighted by Crippen LogP contribution is -2.35. The van der Waals surface area contributed by atoms with E-state index in [-0.39, 0.29) is 23.7 Å². The predicted octanol–water partition coefficient (Wildman–Crippen LogP) is 3.61. The van der Waals surface area contributed by atoms with Crippen LogP contribution in [0.5, 0.6) is 0 Å². The Labute approximate surface area is 208 Å². The number of anilines is 1. The molecule has 1 N–H and O–H groups in total. The van der Waals surface area contributed by atoms with E-state index in [1.165, 1.54) is 16.2 Å². The Morgan fingerprint density at radius 2 is 2.21 bits per heavy atom. The van der Waals surface area contributed by atoms with Gasteiger partial charge in [-0.25, -0.2) is 4.98 Å². The van der Waals surface area contributed by atoms with Crippen LogP contribution in [0.3, 0.4) is 0 Å². The second kappa shape index (κ2) is 11.0. The summed E-state index contributed by atoms with van der Waals surface area (Å²) in [6.07, 6.45) is 6.21. The molecule has 182 valence electrons. The Hall–Kier alpha value is -2.27. The third-order valence-corrected chi connectivity index (χ3v) is 7.01. The molecule has 0 bridgehead atoms. The van der Waals surface area contributed by atoms with Crippen molar-refractivity contribution in [2.45, 2.75) is 52.2 Å². The fourth-order valence-electron chi connectivity index (χ4n) is 3.90. The van der Waals surface area contributed by atoms with Crippen LogP contribution in [0.1, 0.15) is 44.2 Å². The molecule has 1 atom stereocenters. The van der Waals surface area contributed by atoms with Gasteiger partial charge in [-0.3, -0.25) is 18.9 Å². The molecule has 0 unspecified atom stereocenters. The molecule has 0 aromatic carbocycles. The van der Waals surface area contributed by atoms with Gasteiger partial charge in [0.15, 0.2) is 0 Å². The number of hydrogen-bond acceptors (Lipinski definition) is 8. The summed E-state index contributed by atoms with van der Waals surface area (Å²) in [6.45, 7) is 8.25. The minimum absolute atomic E-state index is 0.00284. The molecule has 8 nitrogen and oxygen atoms in total. The van der Waals surface area contributed by atoms with Crippen LogP contribution >= 0.6 is 24.0 Å². The van der Waals surface area contributed by atoms with Gasteiger partial charge >= 0.3 is 0 Å². The number of thiocarbonyl (C=S) groups is 1. The second-order valence-electron chi connectivity index (χ2n) is 8.74. The Morgan fingerprint density at radius 1 is 1.38 bits per heavy atom. The Balaban J connectivity index is 1.63. The summed E-state index contributed by atoms with van der Waals surface area (Å²) in [6, 6.07) is 3.73. The zero-order valence-electron chi connectivity index (χ0n) is 19.7. The number of fused-ring (bicyclic) bond motifs is 1. The highest BCUT2D eigenvalue weighted by atomic mass is 32.2. The van der Waals surface area contributed by atoms with Gasteiger partial charge in [0.1, 0.15) is 15.8 Å². The molecule has 2 aliphatic rings. The quantitative estimate of drug-likeness (QED) is 0.316. The van der Waals surface area contributed by atoms with Gasteiger partial charge in [0.2, 0.25) is 0 Å². The number of thioether (sulfide) groups is 1. The van der Waals surface area contributed by atoms with E-state index in [1.807, 2.05) is 32.9 Å². The molecule has 0 radical (unpaired) electrons. The van der Waals surface area contributed by atoms with Crippen LogP contribution < -0.4 is 10.9 Å². The number of carbonyl (C=O) groups excluding carboxylic acids is 1. The number of amides is 1. The number of ether oxygens (including phenoxy) is 2. The highest BCUT2D eigenvalue weighted by Crippen LogP contribution is 2.34. The van der Waals surface area contributed by atoms with Gasteiger partial charge in [-0.05, 0) is 57.7 Å². The van der Waals surface area contributed by atoms with Gasteiger partial charge in [-0.15, -0.1) is 0 Å². The largest absolute Gasteiger partial charge is 0.379 e. The average Bonchev–Trinajstić information content (AvgIpc) is 3.40. The Morgan fingerprint density at radius 3 is 2.94 bits per heavy atom. The molecule has 0 spiro atoms. The lowest BCUT2D eigenvalue weighted by Gasteiger charge is -2.18. The minimum atomic E-state index is -0.237. The van der Waals surface area contributed by atoms with Gasteiger partial charge in [-0.1, -0.05) is 30.0 Å². The van der Waals surface area contributed by atoms with Crippen LogP contribution in [0.15, 0.2) is 28.0 Å². The molecule has 2 saturated heterocycles. The third kappa shape index (κ3) is 5.68. The minimum Gasteiger partial charge on any atom is -0.379 e. The van der Waals surface area contributed by atoms with Crippen molar-refractivity contribution in [3.05, 3.63) is 44.7 Å². The number of aryl methyl sites for hydroxylation is 1. The number of rotatable bonds is 9. The molecule has 34 heavy (non-hydrogen) atoms. The molecule has 1 amide bonds. The van der Waals surface area contributed by atoms with Crippen LogP contribution in [-0.2, 0) is 14.3 Å². The summed E-state index contributed by atoms with van der Waals surface area (Å²) in [5.41, 5.74) is 1.58. The number of nitrogens with one attached hydrogen (secondary N) is 1. The normalized spacial score (nSPS) is 19.8. The van der Waals surface area contributed by atoms with Crippen LogP contribution in [0.2, 0.25) is 0 Å². The van der Waals surface area contributed by atoms with Crippen LogP contribution in [0.4, 0.5) is 5.82 Å². The monoisotopic (exact) mass is 502 g/mol. The maximum Gasteiger partial charge on any atom is 0.267 e. The topological polar surface area (TPSA) is 85.2 Å². The molecule has 2 aromatic heterocycles. The first-order valence-electron chi connectivity index (χ1n) is 11.6. The summed E-state index contributed by atoms with van der Waals surface area (Å²) in [7, 11) is 0. The lowest BCUT2D eigenvalue weighted by molar-refractivity contribution is -0.123. The highest BCUT2D eigenvalue weighted by molar-refractivity contribution is 8.26. The van der Waals surface area contributed by atoms with Gasteiger partial charge in [0, 0.05) is 26.0 Å². The van der Waals surface area contributed by atoms with E-state index in [2.05, 4.69) is 10.3 Å². The highest BCUT2D eigenvalue weighted by Gasteiger charge is 2.35. The molecule has 4 rings (SSSR count). The molecule has 2 aliphatic heterocycles. The molecule has 2 aromatic rings. The van der Waals surface area contributed by atoms with E-state index in [0.717, 1.165) is 24.8 Å². The van der Waals surface area contributed by atoms with Gasteiger partial charge < -0.3 is 14.8 Å². The summed E-state index contributed by atoms with van der Waals surface area (Å²) in [5, 5.41) is 3.27. The summed E-state index contributed by atoms with van der Waals surface area (Å²) in [5.74, 6) is 0.248. The van der Waals surface area contributed by atoms with Gasteiger partial charge in [0.25, 0.3) is 11.5 Å². The zero-order chi connectivity index (χ0) is 24.2. The summed E-state index contributed by atoms with van der Waals surface area (Å²) >= 11 is 6.68. The predicted molar refractivity (Wildman–Crippen MR) is 139 cm³/mol. The van der Waals surface area contributed by atoms with E-state index < -0.39 is 0 Å². The van der Waals surface area contributed by atoms with E-state index in [1.54, 1.807) is 17.2 Å². The summed E-state index contributed by atoms with van der Waals surface area (Å²) in [4.78, 5) is 33.3. The van der Waals surface area contributed by atoms with Crippen molar-refractivity contribution < 1.29 is 14.3 Å².